The Morgan fingerprint density at radius 3 is 2.40 bits per heavy atom. The van der Waals surface area contributed by atoms with Gasteiger partial charge in [0.1, 0.15) is 0 Å². The van der Waals surface area contributed by atoms with Gasteiger partial charge in [0.2, 0.25) is 15.9 Å². The van der Waals surface area contributed by atoms with E-state index in [9.17, 15) is 18.0 Å². The zero-order valence-corrected chi connectivity index (χ0v) is 15.3. The number of benzene rings is 1. The van der Waals surface area contributed by atoms with Gasteiger partial charge in [-0.25, -0.2) is 8.42 Å². The first kappa shape index (κ1) is 17.9. The number of hydrogen-bond donors (Lipinski definition) is 1. The summed E-state index contributed by atoms with van der Waals surface area (Å²) in [5.41, 5.74) is 0.645. The predicted molar refractivity (Wildman–Crippen MR) is 92.0 cm³/mol. The number of anilines is 1. The van der Waals surface area contributed by atoms with Crippen LogP contribution in [0.25, 0.3) is 0 Å². The van der Waals surface area contributed by atoms with Gasteiger partial charge < -0.3 is 10.0 Å². The summed E-state index contributed by atoms with van der Waals surface area (Å²) in [5, 5.41) is 9.05. The van der Waals surface area contributed by atoms with E-state index in [0.29, 0.717) is 18.4 Å². The molecule has 0 bridgehead atoms. The monoisotopic (exact) mass is 366 g/mol. The van der Waals surface area contributed by atoms with Crippen molar-refractivity contribution in [1.29, 1.82) is 0 Å². The van der Waals surface area contributed by atoms with E-state index in [0.717, 1.165) is 5.69 Å². The fourth-order valence-electron chi connectivity index (χ4n) is 3.60. The number of carboxylic acids is 1. The van der Waals surface area contributed by atoms with E-state index in [1.165, 1.54) is 10.4 Å². The molecule has 0 unspecified atom stereocenters. The fraction of sp³-hybridized carbons (Fsp3) is 0.529. The van der Waals surface area contributed by atoms with E-state index in [-0.39, 0.29) is 23.9 Å². The second-order valence-corrected chi connectivity index (χ2v) is 9.12. The van der Waals surface area contributed by atoms with Gasteiger partial charge in [0.15, 0.2) is 0 Å². The molecule has 1 aromatic rings. The van der Waals surface area contributed by atoms with E-state index in [1.807, 2.05) is 0 Å². The second-order valence-electron chi connectivity index (χ2n) is 7.18. The number of hydrogen-bond acceptors (Lipinski definition) is 4. The SMILES string of the molecule is CN1C(=O)C(C)(C)c2cc(S(=O)(=O)N3CCC(C(=O)O)CC3)ccc21. The van der Waals surface area contributed by atoms with Crippen LogP contribution in [0.2, 0.25) is 0 Å². The standard InChI is InChI=1S/C17H22N2O5S/c1-17(2)13-10-12(4-5-14(13)18(3)16(17)22)25(23,24)19-8-6-11(7-9-19)15(20)21/h4-5,10-11H,6-9H2,1-3H3,(H,20,21). The van der Waals surface area contributed by atoms with Crippen molar-refractivity contribution < 1.29 is 23.1 Å². The van der Waals surface area contributed by atoms with Gasteiger partial charge >= 0.3 is 5.97 Å². The molecular weight excluding hydrogens is 344 g/mol. The Morgan fingerprint density at radius 1 is 1.24 bits per heavy atom. The van der Waals surface area contributed by atoms with Crippen LogP contribution in [0.4, 0.5) is 5.69 Å². The maximum atomic E-state index is 12.9. The molecule has 0 saturated carbocycles. The molecule has 3 rings (SSSR count). The average molecular weight is 366 g/mol. The lowest BCUT2D eigenvalue weighted by Crippen LogP contribution is -2.40. The van der Waals surface area contributed by atoms with Gasteiger partial charge in [-0.05, 0) is 50.5 Å². The normalized spacial score (nSPS) is 21.4. The van der Waals surface area contributed by atoms with Gasteiger partial charge in [-0.1, -0.05) is 0 Å². The number of carbonyl (C=O) groups is 2. The Hall–Kier alpha value is -1.93. The third kappa shape index (κ3) is 2.73. The number of piperidine rings is 1. The van der Waals surface area contributed by atoms with Crippen molar-refractivity contribution in [1.82, 2.24) is 4.31 Å². The van der Waals surface area contributed by atoms with Crippen LogP contribution in [0.15, 0.2) is 23.1 Å². The van der Waals surface area contributed by atoms with Crippen LogP contribution in [-0.2, 0) is 25.0 Å². The highest BCUT2D eigenvalue weighted by Crippen LogP contribution is 2.42. The molecule has 2 heterocycles. The molecule has 2 aliphatic rings. The number of likely N-dealkylation sites (N-methyl/N-ethyl adjacent to an activating group) is 1. The van der Waals surface area contributed by atoms with Crippen LogP contribution >= 0.6 is 0 Å². The predicted octanol–water partition coefficient (Wildman–Crippen LogP) is 1.43. The Morgan fingerprint density at radius 2 is 1.84 bits per heavy atom. The topological polar surface area (TPSA) is 95.0 Å². The molecule has 25 heavy (non-hydrogen) atoms. The van der Waals surface area contributed by atoms with Gasteiger partial charge in [0.25, 0.3) is 0 Å². The molecule has 0 atom stereocenters. The van der Waals surface area contributed by atoms with Gasteiger partial charge in [0, 0.05) is 25.8 Å². The minimum Gasteiger partial charge on any atom is -0.481 e. The smallest absolute Gasteiger partial charge is 0.306 e. The largest absolute Gasteiger partial charge is 0.481 e. The van der Waals surface area contributed by atoms with Crippen LogP contribution in [0, 0.1) is 5.92 Å². The fourth-order valence-corrected chi connectivity index (χ4v) is 5.10. The van der Waals surface area contributed by atoms with Crippen LogP contribution in [0.3, 0.4) is 0 Å². The number of rotatable bonds is 3. The lowest BCUT2D eigenvalue weighted by Gasteiger charge is -2.29. The number of carbonyl (C=O) groups excluding carboxylic acids is 1. The Labute approximate surface area is 147 Å². The summed E-state index contributed by atoms with van der Waals surface area (Å²) in [4.78, 5) is 25.1. The Kier molecular flexibility index (Phi) is 4.15. The van der Waals surface area contributed by atoms with E-state index in [1.54, 1.807) is 37.9 Å². The second kappa shape index (κ2) is 5.81. The molecule has 7 nitrogen and oxygen atoms in total. The highest BCUT2D eigenvalue weighted by atomic mass is 32.2. The molecule has 2 aliphatic heterocycles. The molecule has 1 N–H and O–H groups in total. The van der Waals surface area contributed by atoms with E-state index >= 15 is 0 Å². The number of fused-ring (bicyclic) bond motifs is 1. The molecule has 0 radical (unpaired) electrons. The molecule has 0 aromatic heterocycles. The van der Waals surface area contributed by atoms with Gasteiger partial charge in [-0.15, -0.1) is 0 Å². The Balaban J connectivity index is 1.92. The minimum atomic E-state index is -3.71. The van der Waals surface area contributed by atoms with Crippen molar-refractivity contribution in [2.45, 2.75) is 37.0 Å². The number of amides is 1. The summed E-state index contributed by atoms with van der Waals surface area (Å²) >= 11 is 0. The molecule has 136 valence electrons. The summed E-state index contributed by atoms with van der Waals surface area (Å²) in [7, 11) is -2.03. The van der Waals surface area contributed by atoms with Crippen molar-refractivity contribution in [3.05, 3.63) is 23.8 Å². The van der Waals surface area contributed by atoms with Crippen molar-refractivity contribution >= 4 is 27.6 Å². The Bertz CT molecular complexity index is 839. The van der Waals surface area contributed by atoms with E-state index in [2.05, 4.69) is 0 Å². The van der Waals surface area contributed by atoms with Crippen LogP contribution in [0.5, 0.6) is 0 Å². The third-order valence-corrected chi connectivity index (χ3v) is 7.18. The zero-order valence-electron chi connectivity index (χ0n) is 14.5. The molecule has 8 heteroatoms. The van der Waals surface area contributed by atoms with Gasteiger partial charge in [-0.3, -0.25) is 9.59 Å². The van der Waals surface area contributed by atoms with Crippen molar-refractivity contribution in [2.24, 2.45) is 5.92 Å². The molecule has 1 fully saturated rings. The molecule has 0 spiro atoms. The molecule has 0 aliphatic carbocycles. The first-order chi connectivity index (χ1) is 11.6. The average Bonchev–Trinajstić information content (AvgIpc) is 2.75. The highest BCUT2D eigenvalue weighted by molar-refractivity contribution is 7.89. The lowest BCUT2D eigenvalue weighted by molar-refractivity contribution is -0.142. The quantitative estimate of drug-likeness (QED) is 0.873. The van der Waals surface area contributed by atoms with Crippen LogP contribution in [-0.4, -0.2) is 49.8 Å². The van der Waals surface area contributed by atoms with Crippen molar-refractivity contribution in [2.75, 3.05) is 25.0 Å². The van der Waals surface area contributed by atoms with E-state index in [4.69, 9.17) is 5.11 Å². The summed E-state index contributed by atoms with van der Waals surface area (Å²) in [6.07, 6.45) is 0.623. The molecule has 1 aromatic carbocycles. The minimum absolute atomic E-state index is 0.0701. The number of sulfonamides is 1. The van der Waals surface area contributed by atoms with Gasteiger partial charge in [-0.2, -0.15) is 4.31 Å². The summed E-state index contributed by atoms with van der Waals surface area (Å²) in [6, 6.07) is 4.76. The van der Waals surface area contributed by atoms with E-state index < -0.39 is 27.3 Å². The number of nitrogens with zero attached hydrogens (tertiary/aromatic N) is 2. The van der Waals surface area contributed by atoms with Crippen molar-refractivity contribution in [3.63, 3.8) is 0 Å². The summed E-state index contributed by atoms with van der Waals surface area (Å²) in [5.74, 6) is -1.44. The summed E-state index contributed by atoms with van der Waals surface area (Å²) in [6.45, 7) is 3.95. The molecular formula is C17H22N2O5S. The van der Waals surface area contributed by atoms with Crippen LogP contribution < -0.4 is 4.90 Å². The number of carboxylic acid groups (broad SMARTS) is 1. The maximum Gasteiger partial charge on any atom is 0.306 e. The number of aliphatic carboxylic acids is 1. The van der Waals surface area contributed by atoms with Gasteiger partial charge in [0.05, 0.1) is 16.2 Å². The van der Waals surface area contributed by atoms with Crippen molar-refractivity contribution in [3.8, 4) is 0 Å². The third-order valence-electron chi connectivity index (χ3n) is 5.28. The summed E-state index contributed by atoms with van der Waals surface area (Å²) < 4.78 is 27.2. The first-order valence-electron chi connectivity index (χ1n) is 8.22. The highest BCUT2D eigenvalue weighted by Gasteiger charge is 2.43. The molecule has 1 amide bonds. The zero-order chi connectivity index (χ0) is 18.6. The first-order valence-corrected chi connectivity index (χ1v) is 9.66. The maximum absolute atomic E-state index is 12.9. The lowest BCUT2D eigenvalue weighted by atomic mass is 9.86. The van der Waals surface area contributed by atoms with Crippen LogP contribution in [0.1, 0.15) is 32.3 Å². The molecule has 1 saturated heterocycles.